The van der Waals surface area contributed by atoms with Crippen LogP contribution in [0.5, 0.6) is 5.75 Å². The molecule has 3 rings (SSSR count). The maximum absolute atomic E-state index is 12.5. The minimum absolute atomic E-state index is 0.0437. The van der Waals surface area contributed by atoms with Gasteiger partial charge in [-0.05, 0) is 50.9 Å². The van der Waals surface area contributed by atoms with Gasteiger partial charge < -0.3 is 19.9 Å². The second-order valence-electron chi connectivity index (χ2n) is 6.77. The molecule has 2 heterocycles. The van der Waals surface area contributed by atoms with Gasteiger partial charge in [-0.1, -0.05) is 12.1 Å². The number of fused-ring (bicyclic) bond motifs is 1. The fourth-order valence-corrected chi connectivity index (χ4v) is 3.58. The molecule has 0 bridgehead atoms. The van der Waals surface area contributed by atoms with E-state index in [4.69, 9.17) is 4.74 Å². The summed E-state index contributed by atoms with van der Waals surface area (Å²) in [4.78, 5) is 28.3. The van der Waals surface area contributed by atoms with Crippen molar-refractivity contribution in [2.45, 2.75) is 25.7 Å². The van der Waals surface area contributed by atoms with Crippen LogP contribution in [0.15, 0.2) is 24.3 Å². The van der Waals surface area contributed by atoms with Gasteiger partial charge in [0, 0.05) is 26.1 Å². The highest BCUT2D eigenvalue weighted by Crippen LogP contribution is 2.31. The molecule has 0 aliphatic carbocycles. The van der Waals surface area contributed by atoms with Crippen LogP contribution in [0.2, 0.25) is 0 Å². The molecule has 0 radical (unpaired) electrons. The highest BCUT2D eigenvalue weighted by molar-refractivity contribution is 5.98. The summed E-state index contributed by atoms with van der Waals surface area (Å²) in [5, 5.41) is 3.19. The second-order valence-corrected chi connectivity index (χ2v) is 6.77. The first-order chi connectivity index (χ1) is 12.2. The van der Waals surface area contributed by atoms with E-state index < -0.39 is 0 Å². The summed E-state index contributed by atoms with van der Waals surface area (Å²) in [6, 6.07) is 7.48. The number of hydrogen-bond acceptors (Lipinski definition) is 4. The van der Waals surface area contributed by atoms with Crippen LogP contribution in [0.4, 0.5) is 5.69 Å². The number of likely N-dealkylation sites (tertiary alicyclic amines) is 1. The number of benzene rings is 1. The number of nitrogens with one attached hydrogen (secondary N) is 1. The normalized spacial score (nSPS) is 18.0. The number of piperidine rings is 1. The number of anilines is 1. The molecule has 0 unspecified atom stereocenters. The largest absolute Gasteiger partial charge is 0.482 e. The molecule has 1 saturated heterocycles. The third-order valence-electron chi connectivity index (χ3n) is 5.13. The molecule has 1 aromatic rings. The summed E-state index contributed by atoms with van der Waals surface area (Å²) in [5.74, 6) is 1.48. The van der Waals surface area contributed by atoms with Crippen LogP contribution in [0.3, 0.4) is 0 Å². The average Bonchev–Trinajstić information content (AvgIpc) is 2.65. The summed E-state index contributed by atoms with van der Waals surface area (Å²) >= 11 is 0. The molecule has 1 fully saturated rings. The van der Waals surface area contributed by atoms with Crippen LogP contribution in [-0.2, 0) is 9.59 Å². The molecule has 0 atom stereocenters. The fourth-order valence-electron chi connectivity index (χ4n) is 3.58. The molecule has 6 nitrogen and oxygen atoms in total. The molecule has 136 valence electrons. The molecule has 0 saturated carbocycles. The minimum atomic E-state index is -0.0859. The van der Waals surface area contributed by atoms with Crippen LogP contribution < -0.4 is 15.0 Å². The Labute approximate surface area is 149 Å². The molecule has 25 heavy (non-hydrogen) atoms. The molecular formula is C19H27N3O3. The number of hydrogen-bond donors (Lipinski definition) is 1. The number of nitrogens with zero attached hydrogens (tertiary/aromatic N) is 2. The Balaban J connectivity index is 1.51. The number of amides is 2. The molecule has 0 spiro atoms. The summed E-state index contributed by atoms with van der Waals surface area (Å²) in [6.45, 7) is 3.17. The number of carbonyl (C=O) groups excluding carboxylic acids is 2. The van der Waals surface area contributed by atoms with Gasteiger partial charge in [-0.15, -0.1) is 0 Å². The lowest BCUT2D eigenvalue weighted by atomic mass is 9.93. The molecule has 1 N–H and O–H groups in total. The third kappa shape index (κ3) is 4.31. The highest BCUT2D eigenvalue weighted by Gasteiger charge is 2.27. The fraction of sp³-hybridized carbons (Fsp3) is 0.579. The van der Waals surface area contributed by atoms with E-state index in [-0.39, 0.29) is 18.4 Å². The summed E-state index contributed by atoms with van der Waals surface area (Å²) in [5.41, 5.74) is 0.761. The second kappa shape index (κ2) is 8.34. The zero-order valence-electron chi connectivity index (χ0n) is 14.9. The Bertz CT molecular complexity index is 612. The van der Waals surface area contributed by atoms with Crippen molar-refractivity contribution in [2.24, 2.45) is 5.92 Å². The van der Waals surface area contributed by atoms with Gasteiger partial charge in [0.05, 0.1) is 5.69 Å². The van der Waals surface area contributed by atoms with Crippen LogP contribution >= 0.6 is 0 Å². The van der Waals surface area contributed by atoms with Crippen molar-refractivity contribution in [3.05, 3.63) is 24.3 Å². The minimum Gasteiger partial charge on any atom is -0.482 e. The predicted octanol–water partition coefficient (Wildman–Crippen LogP) is 1.65. The van der Waals surface area contributed by atoms with Crippen molar-refractivity contribution < 1.29 is 14.3 Å². The average molecular weight is 345 g/mol. The Morgan fingerprint density at radius 2 is 2.04 bits per heavy atom. The maximum Gasteiger partial charge on any atom is 0.265 e. The van der Waals surface area contributed by atoms with E-state index in [1.807, 2.05) is 36.2 Å². The Kier molecular flexibility index (Phi) is 5.91. The van der Waals surface area contributed by atoms with Crippen LogP contribution in [0, 0.1) is 5.92 Å². The van der Waals surface area contributed by atoms with Crippen molar-refractivity contribution in [3.63, 3.8) is 0 Å². The number of rotatable bonds is 6. The van der Waals surface area contributed by atoms with Gasteiger partial charge in [-0.2, -0.15) is 0 Å². The van der Waals surface area contributed by atoms with E-state index in [1.54, 1.807) is 4.90 Å². The van der Waals surface area contributed by atoms with Gasteiger partial charge in [-0.25, -0.2) is 0 Å². The van der Waals surface area contributed by atoms with E-state index in [0.29, 0.717) is 24.6 Å². The van der Waals surface area contributed by atoms with E-state index in [9.17, 15) is 9.59 Å². The lowest BCUT2D eigenvalue weighted by Crippen LogP contribution is -2.43. The highest BCUT2D eigenvalue weighted by atomic mass is 16.5. The van der Waals surface area contributed by atoms with Gasteiger partial charge in [0.25, 0.3) is 5.91 Å². The summed E-state index contributed by atoms with van der Waals surface area (Å²) in [7, 11) is 1.98. The van der Waals surface area contributed by atoms with Crippen molar-refractivity contribution in [1.82, 2.24) is 10.2 Å². The van der Waals surface area contributed by atoms with E-state index in [1.165, 1.54) is 6.42 Å². The lowest BCUT2D eigenvalue weighted by molar-refractivity contribution is -0.132. The van der Waals surface area contributed by atoms with Gasteiger partial charge in [0.15, 0.2) is 6.61 Å². The Hall–Kier alpha value is -2.08. The molecule has 1 aromatic carbocycles. The maximum atomic E-state index is 12.5. The lowest BCUT2D eigenvalue weighted by Gasteiger charge is -2.33. The smallest absolute Gasteiger partial charge is 0.265 e. The van der Waals surface area contributed by atoms with Crippen molar-refractivity contribution in [1.29, 1.82) is 0 Å². The van der Waals surface area contributed by atoms with Gasteiger partial charge in [0.2, 0.25) is 5.91 Å². The summed E-state index contributed by atoms with van der Waals surface area (Å²) < 4.78 is 5.44. The monoisotopic (exact) mass is 345 g/mol. The van der Waals surface area contributed by atoms with E-state index in [0.717, 1.165) is 38.2 Å². The Morgan fingerprint density at radius 3 is 2.80 bits per heavy atom. The van der Waals surface area contributed by atoms with Gasteiger partial charge in [-0.3, -0.25) is 9.59 Å². The Morgan fingerprint density at radius 1 is 1.28 bits per heavy atom. The molecule has 2 aliphatic heterocycles. The SMILES string of the molecule is CNCCC1CCN(C(=O)CCN2C(=O)COc3ccccc32)CC1. The first kappa shape index (κ1) is 17.7. The van der Waals surface area contributed by atoms with Crippen LogP contribution in [0.25, 0.3) is 0 Å². The molecule has 2 aliphatic rings. The predicted molar refractivity (Wildman–Crippen MR) is 96.8 cm³/mol. The van der Waals surface area contributed by atoms with Gasteiger partial charge >= 0.3 is 0 Å². The van der Waals surface area contributed by atoms with Crippen molar-refractivity contribution in [3.8, 4) is 5.75 Å². The van der Waals surface area contributed by atoms with E-state index in [2.05, 4.69) is 5.32 Å². The molecule has 6 heteroatoms. The first-order valence-corrected chi connectivity index (χ1v) is 9.13. The quantitative estimate of drug-likeness (QED) is 0.852. The zero-order chi connectivity index (χ0) is 17.6. The molecular weight excluding hydrogens is 318 g/mol. The van der Waals surface area contributed by atoms with Crippen molar-refractivity contribution in [2.75, 3.05) is 44.7 Å². The van der Waals surface area contributed by atoms with Gasteiger partial charge in [0.1, 0.15) is 5.75 Å². The van der Waals surface area contributed by atoms with E-state index >= 15 is 0 Å². The first-order valence-electron chi connectivity index (χ1n) is 9.13. The topological polar surface area (TPSA) is 61.9 Å². The molecule has 2 amide bonds. The number of ether oxygens (including phenoxy) is 1. The van der Waals surface area contributed by atoms with Crippen LogP contribution in [-0.4, -0.2) is 56.5 Å². The zero-order valence-corrected chi connectivity index (χ0v) is 14.9. The summed E-state index contributed by atoms with van der Waals surface area (Å²) in [6.07, 6.45) is 3.69. The standard InChI is InChI=1S/C19H27N3O3/c1-20-10-6-15-7-11-21(12-8-15)18(23)9-13-22-16-4-2-3-5-17(16)25-14-19(22)24/h2-5,15,20H,6-14H2,1H3. The number of carbonyl (C=O) groups is 2. The third-order valence-corrected chi connectivity index (χ3v) is 5.13. The van der Waals surface area contributed by atoms with Crippen LogP contribution in [0.1, 0.15) is 25.7 Å². The molecule has 0 aromatic heterocycles. The number of para-hydroxylation sites is 2. The van der Waals surface area contributed by atoms with Crippen molar-refractivity contribution >= 4 is 17.5 Å².